The molecule has 5 nitrogen and oxygen atoms in total. The van der Waals surface area contributed by atoms with Gasteiger partial charge in [-0.1, -0.05) is 12.2 Å². The Morgan fingerprint density at radius 1 is 1.35 bits per heavy atom. The number of nitrogens with zero attached hydrogens (tertiary/aromatic N) is 1. The number of benzene rings is 1. The molecule has 0 amide bonds. The van der Waals surface area contributed by atoms with E-state index in [9.17, 15) is 5.11 Å². The third kappa shape index (κ3) is 2.26. The van der Waals surface area contributed by atoms with Crippen LogP contribution < -0.4 is 9.47 Å². The second-order valence-corrected chi connectivity index (χ2v) is 7.51. The molecular formula is C18H25NO4. The smallest absolute Gasteiger partial charge is 0.166 e. The van der Waals surface area contributed by atoms with E-state index < -0.39 is 6.10 Å². The topological polar surface area (TPSA) is 68.7 Å². The average Bonchev–Trinajstić information content (AvgIpc) is 2.74. The molecule has 0 fully saturated rings. The van der Waals surface area contributed by atoms with Gasteiger partial charge in [0.15, 0.2) is 11.5 Å². The van der Waals surface area contributed by atoms with Gasteiger partial charge in [-0.2, -0.15) is 0 Å². The molecule has 23 heavy (non-hydrogen) atoms. The molecule has 1 aliphatic carbocycles. The fourth-order valence-corrected chi connectivity index (χ4v) is 4.36. The molecule has 3 unspecified atom stereocenters. The van der Waals surface area contributed by atoms with E-state index in [2.05, 4.69) is 26.2 Å². The van der Waals surface area contributed by atoms with Gasteiger partial charge in [-0.05, 0) is 12.1 Å². The van der Waals surface area contributed by atoms with E-state index in [4.69, 9.17) is 9.47 Å². The Labute approximate surface area is 137 Å². The molecule has 2 heterocycles. The van der Waals surface area contributed by atoms with Crippen LogP contribution in [0.2, 0.25) is 0 Å². The number of aliphatic hydroxyl groups excluding tert-OH is 1. The lowest BCUT2D eigenvalue weighted by molar-refractivity contribution is -0.903. The summed E-state index contributed by atoms with van der Waals surface area (Å²) in [6.07, 6.45) is 5.44. The number of methoxy groups -OCH3 is 1. The Hall–Kier alpha value is -1.56. The maximum absolute atomic E-state index is 10.0. The van der Waals surface area contributed by atoms with E-state index in [1.807, 2.05) is 12.1 Å². The summed E-state index contributed by atoms with van der Waals surface area (Å²) in [5, 5.41) is 10.0. The minimum Gasteiger partial charge on any atom is -0.870 e. The monoisotopic (exact) mass is 319 g/mol. The van der Waals surface area contributed by atoms with Crippen molar-refractivity contribution in [3.8, 4) is 11.5 Å². The van der Waals surface area contributed by atoms with Crippen molar-refractivity contribution in [2.75, 3.05) is 27.7 Å². The highest BCUT2D eigenvalue weighted by atomic mass is 16.5. The quantitative estimate of drug-likeness (QED) is 0.633. The molecule has 1 spiro atoms. The summed E-state index contributed by atoms with van der Waals surface area (Å²) >= 11 is 0. The maximum atomic E-state index is 10.0. The Bertz CT molecular complexity index is 655. The van der Waals surface area contributed by atoms with Crippen LogP contribution in [-0.4, -0.2) is 55.0 Å². The lowest BCUT2D eigenvalue weighted by Gasteiger charge is -2.36. The summed E-state index contributed by atoms with van der Waals surface area (Å²) in [7, 11) is 6.26. The zero-order valence-corrected chi connectivity index (χ0v) is 14.0. The third-order valence-electron chi connectivity index (χ3n) is 5.53. The molecular weight excluding hydrogens is 294 g/mol. The van der Waals surface area contributed by atoms with Crippen LogP contribution in [0.5, 0.6) is 11.5 Å². The van der Waals surface area contributed by atoms with Gasteiger partial charge in [-0.3, -0.25) is 0 Å². The van der Waals surface area contributed by atoms with Gasteiger partial charge in [-0.25, -0.2) is 0 Å². The molecule has 4 rings (SSSR count). The second-order valence-electron chi connectivity index (χ2n) is 7.51. The van der Waals surface area contributed by atoms with E-state index in [0.717, 1.165) is 35.5 Å². The van der Waals surface area contributed by atoms with Gasteiger partial charge >= 0.3 is 0 Å². The minimum atomic E-state index is -0.412. The number of aliphatic hydroxyl groups is 1. The molecule has 0 bridgehead atoms. The second kappa shape index (κ2) is 5.23. The van der Waals surface area contributed by atoms with Crippen LogP contribution in [-0.2, 0) is 12.0 Å². The Balaban J connectivity index is 0.00000156. The van der Waals surface area contributed by atoms with Crippen molar-refractivity contribution in [1.82, 2.24) is 0 Å². The summed E-state index contributed by atoms with van der Waals surface area (Å²) in [6.45, 7) is 2.09. The molecule has 0 aromatic heterocycles. The lowest BCUT2D eigenvalue weighted by atomic mass is 9.69. The van der Waals surface area contributed by atoms with Crippen molar-refractivity contribution >= 4 is 0 Å². The van der Waals surface area contributed by atoms with Crippen molar-refractivity contribution in [3.05, 3.63) is 35.4 Å². The van der Waals surface area contributed by atoms with Gasteiger partial charge in [0.1, 0.15) is 12.6 Å². The first-order valence-corrected chi connectivity index (χ1v) is 8.02. The number of quaternary nitrogens is 1. The zero-order valence-electron chi connectivity index (χ0n) is 14.0. The van der Waals surface area contributed by atoms with Gasteiger partial charge < -0.3 is 24.5 Å². The van der Waals surface area contributed by atoms with Crippen LogP contribution in [0.3, 0.4) is 0 Å². The molecule has 2 aliphatic heterocycles. The van der Waals surface area contributed by atoms with Crippen LogP contribution in [0.4, 0.5) is 0 Å². The normalized spacial score (nSPS) is 32.9. The Morgan fingerprint density at radius 3 is 2.87 bits per heavy atom. The highest BCUT2D eigenvalue weighted by molar-refractivity contribution is 5.60. The summed E-state index contributed by atoms with van der Waals surface area (Å²) in [4.78, 5) is 0. The highest BCUT2D eigenvalue weighted by Crippen LogP contribution is 2.56. The van der Waals surface area contributed by atoms with Gasteiger partial charge in [0.05, 0.1) is 39.3 Å². The number of ether oxygens (including phenoxy) is 2. The van der Waals surface area contributed by atoms with E-state index in [0.29, 0.717) is 6.42 Å². The van der Waals surface area contributed by atoms with E-state index >= 15 is 0 Å². The summed E-state index contributed by atoms with van der Waals surface area (Å²) < 4.78 is 12.8. The van der Waals surface area contributed by atoms with E-state index in [1.165, 1.54) is 11.1 Å². The van der Waals surface area contributed by atoms with Crippen molar-refractivity contribution < 1.29 is 24.5 Å². The summed E-state index contributed by atoms with van der Waals surface area (Å²) in [6, 6.07) is 4.21. The molecule has 5 heteroatoms. The third-order valence-corrected chi connectivity index (χ3v) is 5.53. The van der Waals surface area contributed by atoms with Crippen LogP contribution in [0.1, 0.15) is 24.0 Å². The Morgan fingerprint density at radius 2 is 2.13 bits per heavy atom. The Kier molecular flexibility index (Phi) is 3.71. The molecule has 0 radical (unpaired) electrons. The SMILES string of the molecule is COc1ccc2c3c1OC1CC(O)C=CC31CC[N+](C)(C)C2.[OH-]. The first-order chi connectivity index (χ1) is 10.5. The maximum Gasteiger partial charge on any atom is 0.166 e. The van der Waals surface area contributed by atoms with Gasteiger partial charge in [0.2, 0.25) is 0 Å². The van der Waals surface area contributed by atoms with Crippen LogP contribution in [0.15, 0.2) is 24.3 Å². The predicted molar refractivity (Wildman–Crippen MR) is 86.1 cm³/mol. The average molecular weight is 319 g/mol. The highest BCUT2D eigenvalue weighted by Gasteiger charge is 2.54. The number of hydrogen-bond donors (Lipinski definition) is 1. The summed E-state index contributed by atoms with van der Waals surface area (Å²) in [5.74, 6) is 1.70. The fraction of sp³-hybridized carbons (Fsp3) is 0.556. The zero-order chi connectivity index (χ0) is 15.5. The molecule has 3 aliphatic rings. The summed E-state index contributed by atoms with van der Waals surface area (Å²) in [5.41, 5.74) is 2.54. The van der Waals surface area contributed by atoms with Crippen molar-refractivity contribution in [2.45, 2.75) is 37.0 Å². The minimum absolute atomic E-state index is 0. The first-order valence-electron chi connectivity index (χ1n) is 8.02. The fourth-order valence-electron chi connectivity index (χ4n) is 4.36. The van der Waals surface area contributed by atoms with Crippen LogP contribution in [0.25, 0.3) is 0 Å². The lowest BCUT2D eigenvalue weighted by Crippen LogP contribution is -2.45. The van der Waals surface area contributed by atoms with E-state index in [1.54, 1.807) is 7.11 Å². The van der Waals surface area contributed by atoms with Crippen molar-refractivity contribution in [1.29, 1.82) is 0 Å². The predicted octanol–water partition coefficient (Wildman–Crippen LogP) is 1.82. The molecule has 0 saturated carbocycles. The standard InChI is InChI=1S/C18H24NO3.H2O/c1-19(2)9-8-18-7-6-13(20)10-15(18)22-17-14(21-3)5-4-12(11-19)16(17)18;/h4-7,13,15,20H,8-11H2,1-3H3;1H2/q+1;/p-1. The first kappa shape index (κ1) is 16.3. The number of hydrogen-bond acceptors (Lipinski definition) is 4. The molecule has 126 valence electrons. The van der Waals surface area contributed by atoms with Crippen molar-refractivity contribution in [3.63, 3.8) is 0 Å². The van der Waals surface area contributed by atoms with Gasteiger partial charge in [0, 0.05) is 24.0 Å². The largest absolute Gasteiger partial charge is 0.870 e. The van der Waals surface area contributed by atoms with Crippen molar-refractivity contribution in [2.24, 2.45) is 0 Å². The van der Waals surface area contributed by atoms with Gasteiger partial charge in [-0.15, -0.1) is 0 Å². The molecule has 1 aromatic rings. The van der Waals surface area contributed by atoms with E-state index in [-0.39, 0.29) is 17.0 Å². The molecule has 1 aromatic carbocycles. The van der Waals surface area contributed by atoms with Gasteiger partial charge in [0.25, 0.3) is 0 Å². The van der Waals surface area contributed by atoms with Crippen LogP contribution >= 0.6 is 0 Å². The number of rotatable bonds is 1. The molecule has 2 N–H and O–H groups in total. The van der Waals surface area contributed by atoms with Crippen LogP contribution in [0, 0.1) is 0 Å². The molecule has 3 atom stereocenters. The molecule has 0 saturated heterocycles.